The summed E-state index contributed by atoms with van der Waals surface area (Å²) in [7, 11) is 0. The van der Waals surface area contributed by atoms with Crippen LogP contribution in [0.25, 0.3) is 0 Å². The lowest BCUT2D eigenvalue weighted by Gasteiger charge is -2.18. The van der Waals surface area contributed by atoms with Gasteiger partial charge in [0.15, 0.2) is 0 Å². The molecule has 0 atom stereocenters. The zero-order valence-corrected chi connectivity index (χ0v) is 19.6. The number of hydrogen-bond donors (Lipinski definition) is 2. The van der Waals surface area contributed by atoms with Crippen LogP contribution in [0, 0.1) is 0 Å². The highest BCUT2D eigenvalue weighted by molar-refractivity contribution is 5.96. The number of para-hydroxylation sites is 1. The molecule has 3 aromatic rings. The van der Waals surface area contributed by atoms with Gasteiger partial charge in [-0.15, -0.1) is 0 Å². The Morgan fingerprint density at radius 3 is 1.88 bits per heavy atom. The minimum absolute atomic E-state index is 0.0132. The molecule has 0 spiro atoms. The Balaban J connectivity index is 1.38. The second-order valence-corrected chi connectivity index (χ2v) is 7.49. The summed E-state index contributed by atoms with van der Waals surface area (Å²) in [4.78, 5) is 26.4. The first-order valence-electron chi connectivity index (χ1n) is 11.4. The van der Waals surface area contributed by atoms with E-state index in [9.17, 15) is 9.59 Å². The van der Waals surface area contributed by atoms with Gasteiger partial charge in [0.2, 0.25) is 5.91 Å². The van der Waals surface area contributed by atoms with Gasteiger partial charge in [-0.2, -0.15) is 0 Å². The SMILES string of the molecule is CCN(CC)C(=O)c1ccc(NC(=O)CNc2ccc(OCCOc3ccccc3)cc2)cc1. The van der Waals surface area contributed by atoms with Gasteiger partial charge in [0, 0.05) is 30.0 Å². The summed E-state index contributed by atoms with van der Waals surface area (Å²) >= 11 is 0. The zero-order valence-electron chi connectivity index (χ0n) is 19.6. The van der Waals surface area contributed by atoms with E-state index in [0.29, 0.717) is 37.6 Å². The summed E-state index contributed by atoms with van der Waals surface area (Å²) in [6.45, 7) is 6.23. The maximum Gasteiger partial charge on any atom is 0.253 e. The average molecular weight is 462 g/mol. The van der Waals surface area contributed by atoms with Crippen LogP contribution in [0.3, 0.4) is 0 Å². The maximum atomic E-state index is 12.4. The highest BCUT2D eigenvalue weighted by atomic mass is 16.5. The van der Waals surface area contributed by atoms with Gasteiger partial charge < -0.3 is 25.0 Å². The number of ether oxygens (including phenoxy) is 2. The van der Waals surface area contributed by atoms with Crippen LogP contribution < -0.4 is 20.1 Å². The first kappa shape index (κ1) is 24.6. The van der Waals surface area contributed by atoms with Crippen LogP contribution in [0.15, 0.2) is 78.9 Å². The average Bonchev–Trinajstić information content (AvgIpc) is 2.88. The van der Waals surface area contributed by atoms with Crippen LogP contribution in [0.2, 0.25) is 0 Å². The van der Waals surface area contributed by atoms with Crippen LogP contribution in [0.4, 0.5) is 11.4 Å². The van der Waals surface area contributed by atoms with Gasteiger partial charge in [0.25, 0.3) is 5.91 Å². The molecular weight excluding hydrogens is 430 g/mol. The lowest BCUT2D eigenvalue weighted by Crippen LogP contribution is -2.30. The molecule has 0 fully saturated rings. The second-order valence-electron chi connectivity index (χ2n) is 7.49. The van der Waals surface area contributed by atoms with Crippen molar-refractivity contribution in [1.29, 1.82) is 0 Å². The van der Waals surface area contributed by atoms with Gasteiger partial charge in [-0.05, 0) is 74.5 Å². The van der Waals surface area contributed by atoms with Crippen molar-refractivity contribution in [2.45, 2.75) is 13.8 Å². The zero-order chi connectivity index (χ0) is 24.2. The lowest BCUT2D eigenvalue weighted by atomic mass is 10.1. The van der Waals surface area contributed by atoms with Crippen LogP contribution in [-0.4, -0.2) is 49.6 Å². The van der Waals surface area contributed by atoms with Crippen LogP contribution >= 0.6 is 0 Å². The predicted molar refractivity (Wildman–Crippen MR) is 135 cm³/mol. The van der Waals surface area contributed by atoms with E-state index in [-0.39, 0.29) is 18.4 Å². The Labute approximate surface area is 200 Å². The number of rotatable bonds is 12. The summed E-state index contributed by atoms with van der Waals surface area (Å²) in [5, 5.41) is 5.92. The molecule has 0 saturated carbocycles. The number of nitrogens with one attached hydrogen (secondary N) is 2. The molecule has 2 N–H and O–H groups in total. The van der Waals surface area contributed by atoms with E-state index in [4.69, 9.17) is 9.47 Å². The predicted octanol–water partition coefficient (Wildman–Crippen LogP) is 4.68. The van der Waals surface area contributed by atoms with Gasteiger partial charge in [0.05, 0.1) is 6.54 Å². The number of hydrogen-bond acceptors (Lipinski definition) is 5. The molecule has 7 nitrogen and oxygen atoms in total. The molecule has 0 radical (unpaired) electrons. The Morgan fingerprint density at radius 2 is 1.29 bits per heavy atom. The molecule has 0 aromatic heterocycles. The molecule has 34 heavy (non-hydrogen) atoms. The Bertz CT molecular complexity index is 1030. The maximum absolute atomic E-state index is 12.4. The second kappa shape index (κ2) is 12.9. The van der Waals surface area contributed by atoms with E-state index >= 15 is 0 Å². The molecule has 0 heterocycles. The van der Waals surface area contributed by atoms with Crippen molar-refractivity contribution in [2.24, 2.45) is 0 Å². The van der Waals surface area contributed by atoms with Crippen molar-refractivity contribution < 1.29 is 19.1 Å². The molecule has 0 aliphatic carbocycles. The molecule has 3 rings (SSSR count). The smallest absolute Gasteiger partial charge is 0.253 e. The van der Waals surface area contributed by atoms with Crippen molar-refractivity contribution in [2.75, 3.05) is 43.5 Å². The van der Waals surface area contributed by atoms with E-state index in [1.54, 1.807) is 29.2 Å². The van der Waals surface area contributed by atoms with Crippen molar-refractivity contribution >= 4 is 23.2 Å². The molecule has 3 aromatic carbocycles. The topological polar surface area (TPSA) is 79.9 Å². The van der Waals surface area contributed by atoms with Crippen molar-refractivity contribution in [1.82, 2.24) is 4.90 Å². The van der Waals surface area contributed by atoms with E-state index in [2.05, 4.69) is 10.6 Å². The molecule has 0 bridgehead atoms. The molecular formula is C27H31N3O4. The van der Waals surface area contributed by atoms with Gasteiger partial charge in [-0.3, -0.25) is 9.59 Å². The molecule has 178 valence electrons. The summed E-state index contributed by atoms with van der Waals surface area (Å²) in [6.07, 6.45) is 0. The number of anilines is 2. The highest BCUT2D eigenvalue weighted by Gasteiger charge is 2.12. The van der Waals surface area contributed by atoms with Gasteiger partial charge >= 0.3 is 0 Å². The van der Waals surface area contributed by atoms with Gasteiger partial charge in [-0.1, -0.05) is 18.2 Å². The van der Waals surface area contributed by atoms with E-state index in [1.165, 1.54) is 0 Å². The van der Waals surface area contributed by atoms with E-state index < -0.39 is 0 Å². The summed E-state index contributed by atoms with van der Waals surface area (Å²) < 4.78 is 11.3. The van der Waals surface area contributed by atoms with Crippen molar-refractivity contribution in [3.63, 3.8) is 0 Å². The Kier molecular flexibility index (Phi) is 9.34. The van der Waals surface area contributed by atoms with E-state index in [1.807, 2.05) is 68.4 Å². The first-order valence-corrected chi connectivity index (χ1v) is 11.4. The number of nitrogens with zero attached hydrogens (tertiary/aromatic N) is 1. The summed E-state index contributed by atoms with van der Waals surface area (Å²) in [6, 6.07) is 23.9. The highest BCUT2D eigenvalue weighted by Crippen LogP contribution is 2.16. The fraction of sp³-hybridized carbons (Fsp3) is 0.259. The number of amides is 2. The number of benzene rings is 3. The molecule has 2 amide bonds. The van der Waals surface area contributed by atoms with Gasteiger partial charge in [-0.25, -0.2) is 0 Å². The Morgan fingerprint density at radius 1 is 0.735 bits per heavy atom. The van der Waals surface area contributed by atoms with Crippen molar-refractivity contribution in [3.8, 4) is 11.5 Å². The van der Waals surface area contributed by atoms with E-state index in [0.717, 1.165) is 17.2 Å². The molecule has 0 aliphatic rings. The molecule has 0 saturated heterocycles. The fourth-order valence-corrected chi connectivity index (χ4v) is 3.28. The Hall–Kier alpha value is -4.00. The minimum atomic E-state index is -0.179. The molecule has 0 unspecified atom stereocenters. The summed E-state index contributed by atoms with van der Waals surface area (Å²) in [5.74, 6) is 1.35. The first-order chi connectivity index (χ1) is 16.6. The standard InChI is InChI=1S/C27H31N3O4/c1-3-30(4-2)27(32)21-10-12-23(13-11-21)29-26(31)20-28-22-14-16-25(17-15-22)34-19-18-33-24-8-6-5-7-9-24/h5-17,28H,3-4,18-20H2,1-2H3,(H,29,31). The molecule has 7 heteroatoms. The van der Waals surface area contributed by atoms with Crippen LogP contribution in [0.5, 0.6) is 11.5 Å². The molecule has 0 aliphatic heterocycles. The van der Waals surface area contributed by atoms with Crippen molar-refractivity contribution in [3.05, 3.63) is 84.4 Å². The van der Waals surface area contributed by atoms with Crippen LogP contribution in [-0.2, 0) is 4.79 Å². The monoisotopic (exact) mass is 461 g/mol. The number of carbonyl (C=O) groups excluding carboxylic acids is 2. The third-order valence-electron chi connectivity index (χ3n) is 5.14. The number of carbonyl (C=O) groups is 2. The largest absolute Gasteiger partial charge is 0.490 e. The lowest BCUT2D eigenvalue weighted by molar-refractivity contribution is -0.114. The normalized spacial score (nSPS) is 10.3. The fourth-order valence-electron chi connectivity index (χ4n) is 3.28. The minimum Gasteiger partial charge on any atom is -0.490 e. The van der Waals surface area contributed by atoms with Crippen LogP contribution in [0.1, 0.15) is 24.2 Å². The summed E-state index contributed by atoms with van der Waals surface area (Å²) in [5.41, 5.74) is 2.06. The third kappa shape index (κ3) is 7.55. The third-order valence-corrected chi connectivity index (χ3v) is 5.14. The quantitative estimate of drug-likeness (QED) is 0.383. The van der Waals surface area contributed by atoms with Gasteiger partial charge in [0.1, 0.15) is 24.7 Å².